The van der Waals surface area contributed by atoms with Gasteiger partial charge in [-0.2, -0.15) is 0 Å². The molecule has 4 atom stereocenters. The first kappa shape index (κ1) is 14.5. The van der Waals surface area contributed by atoms with Crippen molar-refractivity contribution in [2.45, 2.75) is 101 Å². The highest BCUT2D eigenvalue weighted by atomic mass is 15.3. The van der Waals surface area contributed by atoms with Crippen LogP contribution in [0.2, 0.25) is 0 Å². The normalized spacial score (nSPS) is 46.4. The van der Waals surface area contributed by atoms with Crippen LogP contribution in [0.3, 0.4) is 0 Å². The van der Waals surface area contributed by atoms with Crippen molar-refractivity contribution in [3.05, 3.63) is 0 Å². The molecule has 3 nitrogen and oxygen atoms in total. The highest BCUT2D eigenvalue weighted by Crippen LogP contribution is 2.39. The Morgan fingerprint density at radius 1 is 0.905 bits per heavy atom. The summed E-state index contributed by atoms with van der Waals surface area (Å²) in [5, 5.41) is 3.82. The monoisotopic (exact) mass is 291 g/mol. The fourth-order valence-corrected chi connectivity index (χ4v) is 5.87. The molecule has 0 saturated carbocycles. The molecule has 4 bridgehead atoms. The Hall–Kier alpha value is -0.120. The van der Waals surface area contributed by atoms with Crippen LogP contribution < -0.4 is 5.32 Å². The summed E-state index contributed by atoms with van der Waals surface area (Å²) in [4.78, 5) is 5.65. The number of piperidine rings is 2. The minimum atomic E-state index is 0.830. The second-order valence-corrected chi connectivity index (χ2v) is 8.18. The van der Waals surface area contributed by atoms with E-state index in [4.69, 9.17) is 0 Å². The van der Waals surface area contributed by atoms with E-state index in [0.29, 0.717) is 0 Å². The van der Waals surface area contributed by atoms with Gasteiger partial charge in [-0.25, -0.2) is 0 Å². The zero-order valence-electron chi connectivity index (χ0n) is 13.9. The second-order valence-electron chi connectivity index (χ2n) is 8.18. The van der Waals surface area contributed by atoms with Gasteiger partial charge in [0.05, 0.1) is 0 Å². The van der Waals surface area contributed by atoms with Crippen molar-refractivity contribution in [2.75, 3.05) is 13.6 Å². The average Bonchev–Trinajstić information content (AvgIpc) is 2.91. The third-order valence-electron chi connectivity index (χ3n) is 6.94. The Morgan fingerprint density at radius 3 is 2.05 bits per heavy atom. The van der Waals surface area contributed by atoms with Gasteiger partial charge in [0.15, 0.2) is 0 Å². The van der Waals surface area contributed by atoms with Gasteiger partial charge >= 0.3 is 0 Å². The van der Waals surface area contributed by atoms with Crippen LogP contribution in [0.1, 0.15) is 64.7 Å². The molecule has 4 fully saturated rings. The largest absolute Gasteiger partial charge is 0.311 e. The fourth-order valence-electron chi connectivity index (χ4n) is 5.87. The molecule has 21 heavy (non-hydrogen) atoms. The van der Waals surface area contributed by atoms with Crippen molar-refractivity contribution in [3.8, 4) is 0 Å². The molecule has 0 radical (unpaired) electrons. The molecule has 4 aliphatic heterocycles. The van der Waals surface area contributed by atoms with Gasteiger partial charge in [-0.15, -0.1) is 0 Å². The lowest BCUT2D eigenvalue weighted by molar-refractivity contribution is 0.0316. The molecule has 0 aromatic carbocycles. The first-order valence-corrected chi connectivity index (χ1v) is 9.48. The predicted molar refractivity (Wildman–Crippen MR) is 87.6 cm³/mol. The molecule has 1 N–H and O–H groups in total. The lowest BCUT2D eigenvalue weighted by Crippen LogP contribution is -2.55. The molecule has 3 heteroatoms. The van der Waals surface area contributed by atoms with Crippen molar-refractivity contribution in [1.82, 2.24) is 15.1 Å². The van der Waals surface area contributed by atoms with Gasteiger partial charge in [0, 0.05) is 36.3 Å². The van der Waals surface area contributed by atoms with Crippen molar-refractivity contribution in [3.63, 3.8) is 0 Å². The zero-order valence-corrected chi connectivity index (χ0v) is 13.9. The molecule has 4 heterocycles. The van der Waals surface area contributed by atoms with Crippen LogP contribution in [0.25, 0.3) is 0 Å². The Morgan fingerprint density at radius 2 is 1.48 bits per heavy atom. The minimum Gasteiger partial charge on any atom is -0.311 e. The van der Waals surface area contributed by atoms with Crippen LogP contribution in [0.5, 0.6) is 0 Å². The Bertz CT molecular complexity index is 345. The van der Waals surface area contributed by atoms with Crippen LogP contribution >= 0.6 is 0 Å². The molecule has 0 aromatic heterocycles. The van der Waals surface area contributed by atoms with E-state index in [1.54, 1.807) is 0 Å². The van der Waals surface area contributed by atoms with E-state index in [2.05, 4.69) is 29.1 Å². The van der Waals surface area contributed by atoms with Crippen LogP contribution in [0.4, 0.5) is 0 Å². The molecular weight excluding hydrogens is 258 g/mol. The van der Waals surface area contributed by atoms with E-state index in [0.717, 1.165) is 36.3 Å². The molecule has 4 unspecified atom stereocenters. The summed E-state index contributed by atoms with van der Waals surface area (Å²) in [6, 6.07) is 5.17. The fraction of sp³-hybridized carbons (Fsp3) is 1.00. The van der Waals surface area contributed by atoms with Crippen LogP contribution in [0, 0.1) is 0 Å². The maximum Gasteiger partial charge on any atom is 0.0128 e. The quantitative estimate of drug-likeness (QED) is 0.859. The summed E-state index contributed by atoms with van der Waals surface area (Å²) in [6.07, 6.45) is 12.8. The molecule has 4 saturated heterocycles. The number of nitrogens with zero attached hydrogens (tertiary/aromatic N) is 2. The summed E-state index contributed by atoms with van der Waals surface area (Å²) < 4.78 is 0. The minimum absolute atomic E-state index is 0.830. The van der Waals surface area contributed by atoms with E-state index < -0.39 is 0 Å². The summed E-state index contributed by atoms with van der Waals surface area (Å²) >= 11 is 0. The SMILES string of the molecule is CCCN(C1CC2CCC(C1)N2)C1CC2CCC(C1)N2C. The van der Waals surface area contributed by atoms with Crippen LogP contribution in [0.15, 0.2) is 0 Å². The van der Waals surface area contributed by atoms with Crippen molar-refractivity contribution in [1.29, 1.82) is 0 Å². The molecule has 0 aromatic rings. The van der Waals surface area contributed by atoms with Gasteiger partial charge in [-0.3, -0.25) is 4.90 Å². The maximum atomic E-state index is 3.82. The Balaban J connectivity index is 1.47. The zero-order chi connectivity index (χ0) is 14.4. The Kier molecular flexibility index (Phi) is 4.01. The van der Waals surface area contributed by atoms with Crippen molar-refractivity contribution >= 4 is 0 Å². The van der Waals surface area contributed by atoms with Crippen molar-refractivity contribution < 1.29 is 0 Å². The molecule has 4 aliphatic rings. The van der Waals surface area contributed by atoms with Crippen LogP contribution in [-0.4, -0.2) is 59.6 Å². The highest BCUT2D eigenvalue weighted by molar-refractivity contribution is 5.01. The van der Waals surface area contributed by atoms with Crippen molar-refractivity contribution in [2.24, 2.45) is 0 Å². The summed E-state index contributed by atoms with van der Waals surface area (Å²) in [5.41, 5.74) is 0. The maximum absolute atomic E-state index is 3.82. The first-order chi connectivity index (χ1) is 10.2. The van der Waals surface area contributed by atoms with Gasteiger partial charge in [0.25, 0.3) is 0 Å². The van der Waals surface area contributed by atoms with Crippen LogP contribution in [-0.2, 0) is 0 Å². The van der Waals surface area contributed by atoms with E-state index in [9.17, 15) is 0 Å². The number of hydrogen-bond donors (Lipinski definition) is 1. The van der Waals surface area contributed by atoms with Gasteiger partial charge in [0.2, 0.25) is 0 Å². The average molecular weight is 291 g/mol. The number of rotatable bonds is 4. The standard InChI is InChI=1S/C18H33N3/c1-3-8-21(17-9-13-4-5-14(10-17)19-13)18-11-15-6-7-16(12-18)20(15)2/h13-19H,3-12H2,1-2H3. The lowest BCUT2D eigenvalue weighted by atomic mass is 9.91. The van der Waals surface area contributed by atoms with Gasteiger partial charge in [-0.05, 0) is 71.4 Å². The smallest absolute Gasteiger partial charge is 0.0128 e. The molecule has 120 valence electrons. The summed E-state index contributed by atoms with van der Waals surface area (Å²) in [7, 11) is 2.37. The first-order valence-electron chi connectivity index (χ1n) is 9.48. The van der Waals surface area contributed by atoms with E-state index in [1.807, 2.05) is 0 Å². The summed E-state index contributed by atoms with van der Waals surface area (Å²) in [6.45, 7) is 3.70. The molecule has 0 aliphatic carbocycles. The number of hydrogen-bond acceptors (Lipinski definition) is 3. The predicted octanol–water partition coefficient (Wildman–Crippen LogP) is 2.61. The molecule has 4 rings (SSSR count). The second kappa shape index (κ2) is 5.82. The molecule has 0 amide bonds. The topological polar surface area (TPSA) is 18.5 Å². The third-order valence-corrected chi connectivity index (χ3v) is 6.94. The highest BCUT2D eigenvalue weighted by Gasteiger charge is 2.43. The van der Waals surface area contributed by atoms with E-state index in [1.165, 1.54) is 64.3 Å². The van der Waals surface area contributed by atoms with E-state index in [-0.39, 0.29) is 0 Å². The summed E-state index contributed by atoms with van der Waals surface area (Å²) in [5.74, 6) is 0. The van der Waals surface area contributed by atoms with Gasteiger partial charge in [0.1, 0.15) is 0 Å². The third kappa shape index (κ3) is 2.66. The Labute approximate surface area is 130 Å². The van der Waals surface area contributed by atoms with E-state index >= 15 is 0 Å². The molecule has 0 spiro atoms. The molecular formula is C18H33N3. The number of nitrogens with one attached hydrogen (secondary N) is 1. The van der Waals surface area contributed by atoms with Gasteiger partial charge in [-0.1, -0.05) is 6.92 Å². The van der Waals surface area contributed by atoms with Gasteiger partial charge < -0.3 is 10.2 Å². The lowest BCUT2D eigenvalue weighted by Gasteiger charge is -2.47. The number of fused-ring (bicyclic) bond motifs is 4.